The third-order valence-corrected chi connectivity index (χ3v) is 2.42. The first-order valence-corrected chi connectivity index (χ1v) is 4.49. The first-order chi connectivity index (χ1) is 7.40. The van der Waals surface area contributed by atoms with Crippen molar-refractivity contribution < 1.29 is 0 Å². The fourth-order valence-corrected chi connectivity index (χ4v) is 1.72. The van der Waals surface area contributed by atoms with Gasteiger partial charge in [-0.3, -0.25) is 4.40 Å². The van der Waals surface area contributed by atoms with Gasteiger partial charge in [-0.15, -0.1) is 10.2 Å². The predicted molar refractivity (Wildman–Crippen MR) is 56.8 cm³/mol. The summed E-state index contributed by atoms with van der Waals surface area (Å²) in [5.41, 5.74) is 1.44. The lowest BCUT2D eigenvalue weighted by Crippen LogP contribution is -1.84. The normalized spacial score (nSPS) is 10.6. The smallest absolute Gasteiger partial charge is 0.195 e. The van der Waals surface area contributed by atoms with Crippen molar-refractivity contribution in [1.82, 2.24) is 14.6 Å². The van der Waals surface area contributed by atoms with Crippen molar-refractivity contribution >= 4 is 22.1 Å². The number of pyridine rings is 1. The van der Waals surface area contributed by atoms with Gasteiger partial charge in [-0.05, 0) is 11.5 Å². The van der Waals surface area contributed by atoms with Gasteiger partial charge in [0.1, 0.15) is 6.33 Å². The second-order valence-electron chi connectivity index (χ2n) is 3.23. The number of aromatic nitrogens is 3. The molecule has 1 aromatic carbocycles. The highest BCUT2D eigenvalue weighted by Crippen LogP contribution is 2.27. The molecule has 3 aromatic rings. The van der Waals surface area contributed by atoms with Gasteiger partial charge in [0.25, 0.3) is 0 Å². The molecule has 0 aliphatic rings. The van der Waals surface area contributed by atoms with Gasteiger partial charge in [-0.1, -0.05) is 18.2 Å². The lowest BCUT2D eigenvalue weighted by molar-refractivity contribution is 1.10. The topological polar surface area (TPSA) is 34.5 Å². The lowest BCUT2D eigenvalue weighted by Gasteiger charge is -2.00. The molecule has 70 valence electrons. The van der Waals surface area contributed by atoms with Crippen molar-refractivity contribution in [1.29, 1.82) is 0 Å². The number of benzene rings is 1. The molecule has 0 bridgehead atoms. The van der Waals surface area contributed by atoms with Crippen LogP contribution in [0.1, 0.15) is 0 Å². The van der Waals surface area contributed by atoms with E-state index in [1.54, 1.807) is 6.33 Å². The van der Waals surface area contributed by atoms with E-state index in [1.807, 2.05) is 34.9 Å². The summed E-state index contributed by atoms with van der Waals surface area (Å²) in [4.78, 5) is 3.48. The Hall–Kier alpha value is -2.41. The molecule has 0 saturated carbocycles. The summed E-state index contributed by atoms with van der Waals surface area (Å²) in [6, 6.07) is 7.54. The second kappa shape index (κ2) is 2.79. The van der Waals surface area contributed by atoms with Crippen LogP contribution < -0.4 is 0 Å². The van der Waals surface area contributed by atoms with E-state index in [0.717, 1.165) is 16.4 Å². The Balaban J connectivity index is 2.61. The van der Waals surface area contributed by atoms with Gasteiger partial charge in [0.05, 0.1) is 6.57 Å². The summed E-state index contributed by atoms with van der Waals surface area (Å²) in [5, 5.41) is 9.76. The van der Waals surface area contributed by atoms with Crippen molar-refractivity contribution in [2.45, 2.75) is 0 Å². The highest BCUT2D eigenvalue weighted by Gasteiger charge is 2.05. The Labute approximate surface area is 85.6 Å². The minimum Gasteiger partial charge on any atom is -0.289 e. The van der Waals surface area contributed by atoms with Gasteiger partial charge in [-0.2, -0.15) is 0 Å². The molecule has 0 aliphatic carbocycles. The Morgan fingerprint density at radius 1 is 1.20 bits per heavy atom. The first kappa shape index (κ1) is 7.94. The molecule has 0 radical (unpaired) electrons. The fourth-order valence-electron chi connectivity index (χ4n) is 1.72. The molecule has 15 heavy (non-hydrogen) atoms. The Kier molecular flexibility index (Phi) is 1.48. The van der Waals surface area contributed by atoms with Crippen molar-refractivity contribution in [3.63, 3.8) is 0 Å². The summed E-state index contributed by atoms with van der Waals surface area (Å²) in [5.74, 6) is 0. The van der Waals surface area contributed by atoms with E-state index in [2.05, 4.69) is 15.0 Å². The summed E-state index contributed by atoms with van der Waals surface area (Å²) < 4.78 is 1.84. The van der Waals surface area contributed by atoms with Crippen molar-refractivity contribution in [2.24, 2.45) is 0 Å². The number of fused-ring (bicyclic) bond motifs is 3. The average molecular weight is 194 g/mol. The maximum atomic E-state index is 7.08. The number of nitrogens with zero attached hydrogens (tertiary/aromatic N) is 4. The average Bonchev–Trinajstić information content (AvgIpc) is 2.76. The number of hydrogen-bond donors (Lipinski definition) is 0. The Morgan fingerprint density at radius 3 is 3.00 bits per heavy atom. The van der Waals surface area contributed by atoms with Crippen LogP contribution in [0.5, 0.6) is 0 Å². The van der Waals surface area contributed by atoms with Gasteiger partial charge in [0, 0.05) is 11.6 Å². The van der Waals surface area contributed by atoms with Crippen LogP contribution in [0.4, 0.5) is 5.69 Å². The molecule has 4 heteroatoms. The molecular formula is C11H6N4. The van der Waals surface area contributed by atoms with Crippen molar-refractivity contribution in [3.05, 3.63) is 48.2 Å². The van der Waals surface area contributed by atoms with Crippen LogP contribution in [0.15, 0.2) is 36.8 Å². The van der Waals surface area contributed by atoms with Crippen LogP contribution in [0, 0.1) is 6.57 Å². The van der Waals surface area contributed by atoms with E-state index < -0.39 is 0 Å². The van der Waals surface area contributed by atoms with E-state index in [1.165, 1.54) is 0 Å². The van der Waals surface area contributed by atoms with Crippen LogP contribution in [0.25, 0.3) is 21.3 Å². The SMILES string of the molecule is [C-]#[N+]c1cccc2c1ccn1cnnc21. The summed E-state index contributed by atoms with van der Waals surface area (Å²) >= 11 is 0. The zero-order chi connectivity index (χ0) is 10.3. The minimum atomic E-state index is 0.651. The van der Waals surface area contributed by atoms with E-state index in [0.29, 0.717) is 5.69 Å². The van der Waals surface area contributed by atoms with E-state index in [-0.39, 0.29) is 0 Å². The fraction of sp³-hybridized carbons (Fsp3) is 0. The van der Waals surface area contributed by atoms with Crippen LogP contribution >= 0.6 is 0 Å². The van der Waals surface area contributed by atoms with Gasteiger partial charge in [0.15, 0.2) is 11.3 Å². The predicted octanol–water partition coefficient (Wildman–Crippen LogP) is 2.43. The van der Waals surface area contributed by atoms with Crippen LogP contribution in [0.2, 0.25) is 0 Å². The maximum absolute atomic E-state index is 7.08. The Morgan fingerprint density at radius 2 is 2.13 bits per heavy atom. The van der Waals surface area contributed by atoms with E-state index in [9.17, 15) is 0 Å². The third kappa shape index (κ3) is 1.00. The van der Waals surface area contributed by atoms with Gasteiger partial charge in [-0.25, -0.2) is 4.85 Å². The summed E-state index contributed by atoms with van der Waals surface area (Å²) in [7, 11) is 0. The molecule has 0 fully saturated rings. The molecule has 4 nitrogen and oxygen atoms in total. The van der Waals surface area contributed by atoms with E-state index >= 15 is 0 Å². The maximum Gasteiger partial charge on any atom is 0.195 e. The molecule has 0 spiro atoms. The van der Waals surface area contributed by atoms with E-state index in [4.69, 9.17) is 6.57 Å². The van der Waals surface area contributed by atoms with Crippen LogP contribution in [0.3, 0.4) is 0 Å². The summed E-state index contributed by atoms with van der Waals surface area (Å²) in [6.45, 7) is 7.08. The molecule has 0 saturated heterocycles. The molecule has 0 N–H and O–H groups in total. The lowest BCUT2D eigenvalue weighted by atomic mass is 10.1. The highest BCUT2D eigenvalue weighted by molar-refractivity contribution is 6.01. The third-order valence-electron chi connectivity index (χ3n) is 2.42. The van der Waals surface area contributed by atoms with Gasteiger partial charge in [0.2, 0.25) is 0 Å². The number of hydrogen-bond acceptors (Lipinski definition) is 2. The molecule has 0 amide bonds. The molecule has 0 aliphatic heterocycles. The quantitative estimate of drug-likeness (QED) is 0.515. The van der Waals surface area contributed by atoms with Crippen molar-refractivity contribution in [2.75, 3.05) is 0 Å². The zero-order valence-electron chi connectivity index (χ0n) is 7.75. The molecule has 2 heterocycles. The van der Waals surface area contributed by atoms with Crippen LogP contribution in [-0.2, 0) is 0 Å². The molecule has 0 unspecified atom stereocenters. The highest BCUT2D eigenvalue weighted by atomic mass is 15.2. The standard InChI is InChI=1S/C11H6N4/c1-12-10-4-2-3-9-8(10)5-6-15-7-13-14-11(9)15/h2-7H. The molecular weight excluding hydrogens is 188 g/mol. The largest absolute Gasteiger partial charge is 0.289 e. The summed E-state index contributed by atoms with van der Waals surface area (Å²) in [6.07, 6.45) is 3.52. The zero-order valence-corrected chi connectivity index (χ0v) is 7.75. The second-order valence-corrected chi connectivity index (χ2v) is 3.23. The minimum absolute atomic E-state index is 0.651. The molecule has 3 rings (SSSR count). The number of rotatable bonds is 0. The van der Waals surface area contributed by atoms with Crippen molar-refractivity contribution in [3.8, 4) is 0 Å². The molecule has 0 atom stereocenters. The monoisotopic (exact) mass is 194 g/mol. The van der Waals surface area contributed by atoms with Gasteiger partial charge >= 0.3 is 0 Å². The Bertz CT molecular complexity index is 690. The van der Waals surface area contributed by atoms with Gasteiger partial charge < -0.3 is 0 Å². The van der Waals surface area contributed by atoms with Crippen LogP contribution in [-0.4, -0.2) is 14.6 Å². The first-order valence-electron chi connectivity index (χ1n) is 4.49. The molecule has 2 aromatic heterocycles.